The average molecular weight is 249 g/mol. The van der Waals surface area contributed by atoms with Crippen molar-refractivity contribution in [3.8, 4) is 5.75 Å². The van der Waals surface area contributed by atoms with Crippen molar-refractivity contribution in [3.05, 3.63) is 23.8 Å². The van der Waals surface area contributed by atoms with Crippen LogP contribution in [-0.4, -0.2) is 17.2 Å². The van der Waals surface area contributed by atoms with Crippen LogP contribution in [0.1, 0.15) is 47.1 Å². The van der Waals surface area contributed by atoms with E-state index < -0.39 is 0 Å². The highest BCUT2D eigenvalue weighted by Gasteiger charge is 2.28. The molecule has 0 amide bonds. The summed E-state index contributed by atoms with van der Waals surface area (Å²) in [6, 6.07) is 5.79. The molecule has 18 heavy (non-hydrogen) atoms. The van der Waals surface area contributed by atoms with E-state index in [0.717, 1.165) is 12.2 Å². The lowest BCUT2D eigenvalue weighted by Crippen LogP contribution is -2.46. The van der Waals surface area contributed by atoms with E-state index in [1.165, 1.54) is 5.56 Å². The molecular weight excluding hydrogens is 222 g/mol. The quantitative estimate of drug-likeness (QED) is 0.842. The van der Waals surface area contributed by atoms with E-state index in [0.29, 0.717) is 5.75 Å². The third-order valence-electron chi connectivity index (χ3n) is 2.86. The first-order valence-electron chi connectivity index (χ1n) is 6.58. The van der Waals surface area contributed by atoms with Crippen molar-refractivity contribution in [1.29, 1.82) is 0 Å². The number of hydrogen-bond acceptors (Lipinski definition) is 2. The molecule has 102 valence electrons. The zero-order valence-electron chi connectivity index (χ0n) is 12.8. The van der Waals surface area contributed by atoms with Gasteiger partial charge in [0.25, 0.3) is 0 Å². The van der Waals surface area contributed by atoms with Gasteiger partial charge in [-0.15, -0.1) is 0 Å². The first-order chi connectivity index (χ1) is 8.00. The maximum Gasteiger partial charge on any atom is 0.138 e. The van der Waals surface area contributed by atoms with Crippen LogP contribution in [0.15, 0.2) is 18.2 Å². The Hall–Kier alpha value is -1.18. The molecule has 0 unspecified atom stereocenters. The molecule has 1 rings (SSSR count). The predicted octanol–water partition coefficient (Wildman–Crippen LogP) is 4.35. The fraction of sp³-hybridized carbons (Fsp3) is 0.625. The fourth-order valence-electron chi connectivity index (χ4n) is 2.01. The SMILES string of the molecule is Cc1ccc(O)c(N(CC(C)(C)C)C(C)(C)C)c1. The Bertz CT molecular complexity index is 410. The predicted molar refractivity (Wildman–Crippen MR) is 79.4 cm³/mol. The van der Waals surface area contributed by atoms with Gasteiger partial charge in [0, 0.05) is 12.1 Å². The van der Waals surface area contributed by atoms with Crippen LogP contribution in [0.5, 0.6) is 5.75 Å². The Morgan fingerprint density at radius 1 is 1.06 bits per heavy atom. The Morgan fingerprint density at radius 3 is 2.06 bits per heavy atom. The molecule has 0 atom stereocenters. The second-order valence-electron chi connectivity index (χ2n) is 7.31. The molecule has 0 saturated carbocycles. The van der Waals surface area contributed by atoms with Crippen LogP contribution in [0.3, 0.4) is 0 Å². The van der Waals surface area contributed by atoms with Gasteiger partial charge < -0.3 is 10.0 Å². The van der Waals surface area contributed by atoms with E-state index in [4.69, 9.17) is 0 Å². The molecule has 0 aromatic heterocycles. The molecule has 2 heteroatoms. The molecule has 2 nitrogen and oxygen atoms in total. The van der Waals surface area contributed by atoms with Crippen molar-refractivity contribution in [2.45, 2.75) is 54.0 Å². The molecule has 0 fully saturated rings. The highest BCUT2D eigenvalue weighted by Crippen LogP contribution is 2.35. The molecule has 0 bridgehead atoms. The summed E-state index contributed by atoms with van der Waals surface area (Å²) in [5.41, 5.74) is 2.27. The zero-order valence-corrected chi connectivity index (χ0v) is 12.8. The summed E-state index contributed by atoms with van der Waals surface area (Å²) in [6.07, 6.45) is 0. The van der Waals surface area contributed by atoms with Gasteiger partial charge in [0.2, 0.25) is 0 Å². The number of nitrogens with zero attached hydrogens (tertiary/aromatic N) is 1. The van der Waals surface area contributed by atoms with Crippen molar-refractivity contribution < 1.29 is 5.11 Å². The van der Waals surface area contributed by atoms with Crippen molar-refractivity contribution >= 4 is 5.69 Å². The van der Waals surface area contributed by atoms with Gasteiger partial charge in [-0.05, 0) is 50.8 Å². The second-order valence-corrected chi connectivity index (χ2v) is 7.31. The number of phenolic OH excluding ortho intramolecular Hbond substituents is 1. The number of aryl methyl sites for hydroxylation is 1. The average Bonchev–Trinajstić information content (AvgIpc) is 2.15. The zero-order chi connectivity index (χ0) is 14.1. The van der Waals surface area contributed by atoms with Crippen molar-refractivity contribution in [2.75, 3.05) is 11.4 Å². The van der Waals surface area contributed by atoms with Gasteiger partial charge >= 0.3 is 0 Å². The number of rotatable bonds is 2. The first kappa shape index (κ1) is 14.9. The van der Waals surface area contributed by atoms with Crippen molar-refractivity contribution in [1.82, 2.24) is 0 Å². The Labute approximate surface area is 112 Å². The summed E-state index contributed by atoms with van der Waals surface area (Å²) in [5, 5.41) is 10.1. The molecule has 0 aliphatic rings. The normalized spacial score (nSPS) is 12.6. The number of phenols is 1. The lowest BCUT2D eigenvalue weighted by atomic mass is 9.92. The van der Waals surface area contributed by atoms with Crippen LogP contribution < -0.4 is 4.90 Å². The van der Waals surface area contributed by atoms with E-state index in [-0.39, 0.29) is 11.0 Å². The molecule has 0 heterocycles. The molecule has 0 aliphatic heterocycles. The van der Waals surface area contributed by atoms with Gasteiger partial charge in [0.05, 0.1) is 5.69 Å². The summed E-state index contributed by atoms with van der Waals surface area (Å²) in [5.74, 6) is 0.361. The minimum absolute atomic E-state index is 0.0153. The molecule has 1 N–H and O–H groups in total. The molecular formula is C16H27NO. The lowest BCUT2D eigenvalue weighted by Gasteiger charge is -2.42. The van der Waals surface area contributed by atoms with Crippen LogP contribution in [0, 0.1) is 12.3 Å². The number of hydrogen-bond donors (Lipinski definition) is 1. The summed E-state index contributed by atoms with van der Waals surface area (Å²) in [7, 11) is 0. The van der Waals surface area contributed by atoms with Gasteiger partial charge in [-0.25, -0.2) is 0 Å². The summed E-state index contributed by atoms with van der Waals surface area (Å²) < 4.78 is 0. The van der Waals surface area contributed by atoms with Crippen LogP contribution in [0.25, 0.3) is 0 Å². The lowest BCUT2D eigenvalue weighted by molar-refractivity contribution is 0.358. The number of aromatic hydroxyl groups is 1. The van der Waals surface area contributed by atoms with Crippen LogP contribution in [0.2, 0.25) is 0 Å². The second kappa shape index (κ2) is 4.83. The number of benzene rings is 1. The third kappa shape index (κ3) is 3.94. The summed E-state index contributed by atoms with van der Waals surface area (Å²) in [6.45, 7) is 16.2. The van der Waals surface area contributed by atoms with Crippen LogP contribution >= 0.6 is 0 Å². The van der Waals surface area contributed by atoms with E-state index in [9.17, 15) is 5.11 Å². The van der Waals surface area contributed by atoms with Gasteiger partial charge in [0.1, 0.15) is 5.75 Å². The molecule has 1 aromatic rings. The molecule has 1 aromatic carbocycles. The fourth-order valence-corrected chi connectivity index (χ4v) is 2.01. The highest BCUT2D eigenvalue weighted by atomic mass is 16.3. The molecule has 0 saturated heterocycles. The molecule has 0 aliphatic carbocycles. The maximum atomic E-state index is 10.1. The van der Waals surface area contributed by atoms with Gasteiger partial charge in [-0.3, -0.25) is 0 Å². The van der Waals surface area contributed by atoms with Crippen molar-refractivity contribution in [3.63, 3.8) is 0 Å². The minimum Gasteiger partial charge on any atom is -0.506 e. The highest BCUT2D eigenvalue weighted by molar-refractivity contribution is 5.60. The smallest absolute Gasteiger partial charge is 0.138 e. The topological polar surface area (TPSA) is 23.5 Å². The maximum absolute atomic E-state index is 10.1. The van der Waals surface area contributed by atoms with Crippen LogP contribution in [-0.2, 0) is 0 Å². The van der Waals surface area contributed by atoms with E-state index in [1.54, 1.807) is 6.07 Å². The van der Waals surface area contributed by atoms with Crippen LogP contribution in [0.4, 0.5) is 5.69 Å². The standard InChI is InChI=1S/C16H27NO/c1-12-8-9-14(18)13(10-12)17(16(5,6)7)11-15(2,3)4/h8-10,18H,11H2,1-7H3. The summed E-state index contributed by atoms with van der Waals surface area (Å²) in [4.78, 5) is 2.29. The van der Waals surface area contributed by atoms with E-state index >= 15 is 0 Å². The van der Waals surface area contributed by atoms with E-state index in [2.05, 4.69) is 59.4 Å². The summed E-state index contributed by atoms with van der Waals surface area (Å²) >= 11 is 0. The van der Waals surface area contributed by atoms with Gasteiger partial charge in [-0.1, -0.05) is 26.8 Å². The monoisotopic (exact) mass is 249 g/mol. The molecule has 0 spiro atoms. The van der Waals surface area contributed by atoms with Gasteiger partial charge in [-0.2, -0.15) is 0 Å². The van der Waals surface area contributed by atoms with E-state index in [1.807, 2.05) is 6.07 Å². The van der Waals surface area contributed by atoms with Crippen molar-refractivity contribution in [2.24, 2.45) is 5.41 Å². The minimum atomic E-state index is -0.0153. The Kier molecular flexibility index (Phi) is 3.99. The molecule has 0 radical (unpaired) electrons. The largest absolute Gasteiger partial charge is 0.506 e. The third-order valence-corrected chi connectivity index (χ3v) is 2.86. The Balaban J connectivity index is 3.22. The van der Waals surface area contributed by atoms with Gasteiger partial charge in [0.15, 0.2) is 0 Å². The first-order valence-corrected chi connectivity index (χ1v) is 6.58. The Morgan fingerprint density at radius 2 is 1.61 bits per heavy atom. The number of anilines is 1.